The lowest BCUT2D eigenvalue weighted by Gasteiger charge is -2.23. The average molecular weight is 453 g/mol. The van der Waals surface area contributed by atoms with Crippen molar-refractivity contribution in [1.82, 2.24) is 24.9 Å². The van der Waals surface area contributed by atoms with Gasteiger partial charge >= 0.3 is 0 Å². The van der Waals surface area contributed by atoms with Crippen molar-refractivity contribution in [3.05, 3.63) is 41.4 Å². The number of fused-ring (bicyclic) bond motifs is 1. The van der Waals surface area contributed by atoms with Crippen LogP contribution in [0.15, 0.2) is 30.9 Å². The van der Waals surface area contributed by atoms with Gasteiger partial charge < -0.3 is 15.7 Å². The minimum Gasteiger partial charge on any atom is -0.387 e. The van der Waals surface area contributed by atoms with Crippen molar-refractivity contribution in [3.63, 3.8) is 0 Å². The number of nitrogens with one attached hydrogen (secondary N) is 2. The van der Waals surface area contributed by atoms with Gasteiger partial charge in [0.15, 0.2) is 5.65 Å². The van der Waals surface area contributed by atoms with E-state index in [9.17, 15) is 18.7 Å². The van der Waals surface area contributed by atoms with E-state index in [-0.39, 0.29) is 12.1 Å². The van der Waals surface area contributed by atoms with Gasteiger partial charge in [-0.15, -0.1) is 0 Å². The highest BCUT2D eigenvalue weighted by Gasteiger charge is 2.27. The molecule has 31 heavy (non-hydrogen) atoms. The first-order valence-electron chi connectivity index (χ1n) is 9.56. The number of halogens is 3. The van der Waals surface area contributed by atoms with Crippen LogP contribution in [-0.4, -0.2) is 61.6 Å². The van der Waals surface area contributed by atoms with E-state index < -0.39 is 30.4 Å². The SMILES string of the molecule is CC(CF)Nc1cc(-c2cnn3cc(Cl)cnc23)ncc1C(=O)NC[C@@H](F)C(C)(C)O. The average Bonchev–Trinajstić information content (AvgIpc) is 3.13. The predicted molar refractivity (Wildman–Crippen MR) is 114 cm³/mol. The molecular formula is C20H23ClF2N6O2. The van der Waals surface area contributed by atoms with Crippen LogP contribution in [0.5, 0.6) is 0 Å². The topological polar surface area (TPSA) is 104 Å². The van der Waals surface area contributed by atoms with Crippen LogP contribution in [0.2, 0.25) is 5.02 Å². The normalized spacial score (nSPS) is 13.8. The van der Waals surface area contributed by atoms with Gasteiger partial charge in [0.1, 0.15) is 12.8 Å². The van der Waals surface area contributed by atoms with Gasteiger partial charge in [0.05, 0.1) is 58.1 Å². The second-order valence-corrected chi connectivity index (χ2v) is 8.18. The maximum absolute atomic E-state index is 14.0. The van der Waals surface area contributed by atoms with Crippen molar-refractivity contribution in [2.75, 3.05) is 18.5 Å². The standard InChI is InChI=1S/C20H23ClF2N6O2/c1-11(5-22)28-16-4-15(13-8-27-29-10-12(21)6-25-18(13)29)24-7-14(16)19(30)26-9-17(23)20(2,3)31/h4,6-8,10-11,17,31H,5,9H2,1-3H3,(H,24,28)(H,26,30)/t11?,17-/m1/s1. The zero-order valence-corrected chi connectivity index (χ0v) is 18.0. The number of rotatable bonds is 8. The molecule has 3 N–H and O–H groups in total. The number of carbonyl (C=O) groups is 1. The first-order valence-corrected chi connectivity index (χ1v) is 9.94. The number of nitrogens with zero attached hydrogens (tertiary/aromatic N) is 4. The summed E-state index contributed by atoms with van der Waals surface area (Å²) in [5, 5.41) is 19.7. The van der Waals surface area contributed by atoms with Gasteiger partial charge in [0.2, 0.25) is 0 Å². The van der Waals surface area contributed by atoms with E-state index in [0.29, 0.717) is 27.6 Å². The van der Waals surface area contributed by atoms with Crippen molar-refractivity contribution >= 4 is 28.8 Å². The van der Waals surface area contributed by atoms with Gasteiger partial charge in [0.25, 0.3) is 5.91 Å². The molecule has 1 amide bonds. The third-order valence-corrected chi connectivity index (χ3v) is 4.79. The van der Waals surface area contributed by atoms with Crippen LogP contribution in [0.4, 0.5) is 14.5 Å². The summed E-state index contributed by atoms with van der Waals surface area (Å²) in [4.78, 5) is 21.2. The highest BCUT2D eigenvalue weighted by atomic mass is 35.5. The van der Waals surface area contributed by atoms with Crippen LogP contribution in [0.25, 0.3) is 16.9 Å². The fraction of sp³-hybridized carbons (Fsp3) is 0.400. The van der Waals surface area contributed by atoms with Gasteiger partial charge in [0, 0.05) is 12.4 Å². The minimum atomic E-state index is -1.67. The number of pyridine rings is 1. The molecule has 0 saturated carbocycles. The number of aliphatic hydroxyl groups is 1. The van der Waals surface area contributed by atoms with Gasteiger partial charge in [-0.3, -0.25) is 9.78 Å². The first kappa shape index (κ1) is 22.8. The smallest absolute Gasteiger partial charge is 0.255 e. The van der Waals surface area contributed by atoms with E-state index in [2.05, 4.69) is 25.7 Å². The molecule has 166 valence electrons. The molecule has 1 unspecified atom stereocenters. The van der Waals surface area contributed by atoms with Gasteiger partial charge in [-0.05, 0) is 26.8 Å². The van der Waals surface area contributed by atoms with E-state index in [1.165, 1.54) is 30.8 Å². The number of anilines is 1. The van der Waals surface area contributed by atoms with Crippen LogP contribution < -0.4 is 10.6 Å². The summed E-state index contributed by atoms with van der Waals surface area (Å²) in [7, 11) is 0. The highest BCUT2D eigenvalue weighted by molar-refractivity contribution is 6.30. The van der Waals surface area contributed by atoms with Crippen LogP contribution in [0, 0.1) is 0 Å². The maximum Gasteiger partial charge on any atom is 0.255 e. The molecule has 0 spiro atoms. The van der Waals surface area contributed by atoms with Crippen molar-refractivity contribution in [1.29, 1.82) is 0 Å². The maximum atomic E-state index is 14.0. The molecule has 2 atom stereocenters. The minimum absolute atomic E-state index is 0.111. The lowest BCUT2D eigenvalue weighted by atomic mass is 10.0. The Kier molecular flexibility index (Phi) is 6.71. The molecular weight excluding hydrogens is 430 g/mol. The van der Waals surface area contributed by atoms with Crippen LogP contribution in [0.3, 0.4) is 0 Å². The van der Waals surface area contributed by atoms with Crippen molar-refractivity contribution in [2.45, 2.75) is 38.6 Å². The largest absolute Gasteiger partial charge is 0.387 e. The lowest BCUT2D eigenvalue weighted by Crippen LogP contribution is -2.42. The number of alkyl halides is 2. The molecule has 8 nitrogen and oxygen atoms in total. The van der Waals surface area contributed by atoms with Gasteiger partial charge in [-0.25, -0.2) is 18.3 Å². The lowest BCUT2D eigenvalue weighted by molar-refractivity contribution is -0.00177. The molecule has 3 rings (SSSR count). The molecule has 0 saturated heterocycles. The molecule has 0 aliphatic rings. The Labute approximate surface area is 182 Å². The molecule has 0 aliphatic carbocycles. The molecule has 0 radical (unpaired) electrons. The summed E-state index contributed by atoms with van der Waals surface area (Å²) in [6, 6.07) is 1.00. The van der Waals surface area contributed by atoms with E-state index >= 15 is 0 Å². The quantitative estimate of drug-likeness (QED) is 0.485. The summed E-state index contributed by atoms with van der Waals surface area (Å²) in [5.74, 6) is -0.607. The van der Waals surface area contributed by atoms with Gasteiger partial charge in [-0.1, -0.05) is 11.6 Å². The Morgan fingerprint density at radius 2 is 2.06 bits per heavy atom. The Balaban J connectivity index is 1.94. The summed E-state index contributed by atoms with van der Waals surface area (Å²) in [6.07, 6.45) is 4.27. The zero-order chi connectivity index (χ0) is 22.8. The predicted octanol–water partition coefficient (Wildman–Crippen LogP) is 3.05. The third-order valence-electron chi connectivity index (χ3n) is 4.59. The Bertz CT molecular complexity index is 1090. The number of aromatic nitrogens is 4. The molecule has 3 aromatic heterocycles. The molecule has 3 heterocycles. The molecule has 11 heteroatoms. The van der Waals surface area contributed by atoms with E-state index in [1.54, 1.807) is 25.4 Å². The summed E-state index contributed by atoms with van der Waals surface area (Å²) in [5.41, 5.74) is 0.377. The van der Waals surface area contributed by atoms with Gasteiger partial charge in [-0.2, -0.15) is 5.10 Å². The Morgan fingerprint density at radius 3 is 2.74 bits per heavy atom. The molecule has 0 bridgehead atoms. The zero-order valence-electron chi connectivity index (χ0n) is 17.2. The van der Waals surface area contributed by atoms with Crippen molar-refractivity contribution < 1.29 is 18.7 Å². The van der Waals surface area contributed by atoms with Crippen molar-refractivity contribution in [2.24, 2.45) is 0 Å². The summed E-state index contributed by atoms with van der Waals surface area (Å²) < 4.78 is 28.6. The highest BCUT2D eigenvalue weighted by Crippen LogP contribution is 2.27. The van der Waals surface area contributed by atoms with E-state index in [0.717, 1.165) is 0 Å². The monoisotopic (exact) mass is 452 g/mol. The third kappa shape index (κ3) is 5.26. The Hall–Kier alpha value is -2.85. The van der Waals surface area contributed by atoms with Crippen molar-refractivity contribution in [3.8, 4) is 11.3 Å². The molecule has 0 aliphatic heterocycles. The fourth-order valence-electron chi connectivity index (χ4n) is 2.77. The van der Waals surface area contributed by atoms with E-state index in [4.69, 9.17) is 11.6 Å². The number of carbonyl (C=O) groups excluding carboxylic acids is 1. The second kappa shape index (κ2) is 9.11. The second-order valence-electron chi connectivity index (χ2n) is 7.74. The van der Waals surface area contributed by atoms with Crippen LogP contribution >= 0.6 is 11.6 Å². The summed E-state index contributed by atoms with van der Waals surface area (Å²) >= 11 is 5.94. The number of hydrogen-bond acceptors (Lipinski definition) is 6. The summed E-state index contributed by atoms with van der Waals surface area (Å²) in [6.45, 7) is 3.19. The molecule has 0 aromatic carbocycles. The van der Waals surface area contributed by atoms with E-state index in [1.807, 2.05) is 0 Å². The number of amides is 1. The molecule has 0 fully saturated rings. The van der Waals surface area contributed by atoms with Crippen LogP contribution in [0.1, 0.15) is 31.1 Å². The number of hydrogen-bond donors (Lipinski definition) is 3. The first-order chi connectivity index (χ1) is 14.6. The molecule has 3 aromatic rings. The fourth-order valence-corrected chi connectivity index (χ4v) is 2.91. The van der Waals surface area contributed by atoms with Crippen LogP contribution in [-0.2, 0) is 0 Å². The Morgan fingerprint density at radius 1 is 1.32 bits per heavy atom.